The van der Waals surface area contributed by atoms with Crippen LogP contribution in [0.2, 0.25) is 0 Å². The lowest BCUT2D eigenvalue weighted by Crippen LogP contribution is -2.40. The molecule has 0 saturated heterocycles. The molecule has 0 unspecified atom stereocenters. The Morgan fingerprint density at radius 2 is 1.96 bits per heavy atom. The quantitative estimate of drug-likeness (QED) is 0.795. The van der Waals surface area contributed by atoms with Gasteiger partial charge in [-0.3, -0.25) is 9.59 Å². The second kappa shape index (κ2) is 7.53. The van der Waals surface area contributed by atoms with E-state index in [9.17, 15) is 23.1 Å². The zero-order chi connectivity index (χ0) is 18.8. The Morgan fingerprint density at radius 3 is 2.56 bits per heavy atom. The molecule has 0 aromatic heterocycles. The van der Waals surface area contributed by atoms with Gasteiger partial charge in [0.1, 0.15) is 0 Å². The van der Waals surface area contributed by atoms with Gasteiger partial charge in [-0.05, 0) is 44.9 Å². The van der Waals surface area contributed by atoms with E-state index >= 15 is 0 Å². The molecule has 25 heavy (non-hydrogen) atoms. The van der Waals surface area contributed by atoms with Gasteiger partial charge >= 0.3 is 5.97 Å². The van der Waals surface area contributed by atoms with Crippen LogP contribution < -0.4 is 5.32 Å². The highest BCUT2D eigenvalue weighted by Gasteiger charge is 2.34. The van der Waals surface area contributed by atoms with Crippen molar-refractivity contribution in [3.8, 4) is 0 Å². The highest BCUT2D eigenvalue weighted by atomic mass is 32.2. The molecule has 2 atom stereocenters. The van der Waals surface area contributed by atoms with Gasteiger partial charge in [0.15, 0.2) is 0 Å². The van der Waals surface area contributed by atoms with E-state index in [0.29, 0.717) is 12.8 Å². The molecular formula is C17H24N2O5S. The summed E-state index contributed by atoms with van der Waals surface area (Å²) in [5, 5.41) is 11.9. The second-order valence-corrected chi connectivity index (χ2v) is 8.60. The molecule has 0 radical (unpaired) electrons. The van der Waals surface area contributed by atoms with E-state index in [4.69, 9.17) is 0 Å². The summed E-state index contributed by atoms with van der Waals surface area (Å²) in [6.07, 6.45) is 1.89. The molecule has 0 heterocycles. The van der Waals surface area contributed by atoms with Gasteiger partial charge in [-0.2, -0.15) is 4.31 Å². The van der Waals surface area contributed by atoms with Gasteiger partial charge < -0.3 is 10.4 Å². The van der Waals surface area contributed by atoms with Crippen LogP contribution in [-0.2, 0) is 14.8 Å². The van der Waals surface area contributed by atoms with Crippen molar-refractivity contribution in [3.63, 3.8) is 0 Å². The van der Waals surface area contributed by atoms with Crippen LogP contribution in [0.25, 0.3) is 0 Å². The Bertz CT molecular complexity index is 760. The molecule has 0 bridgehead atoms. The monoisotopic (exact) mass is 368 g/mol. The molecule has 1 amide bonds. The molecule has 7 nitrogen and oxygen atoms in total. The summed E-state index contributed by atoms with van der Waals surface area (Å²) in [7, 11) is -2.20. The summed E-state index contributed by atoms with van der Waals surface area (Å²) in [5.74, 6) is -1.97. The Balaban J connectivity index is 2.21. The minimum absolute atomic E-state index is 0.0394. The minimum Gasteiger partial charge on any atom is -0.481 e. The number of carboxylic acids is 1. The van der Waals surface area contributed by atoms with Crippen LogP contribution in [-0.4, -0.2) is 48.8 Å². The van der Waals surface area contributed by atoms with Crippen LogP contribution in [0.3, 0.4) is 0 Å². The van der Waals surface area contributed by atoms with E-state index in [2.05, 4.69) is 5.32 Å². The smallest absolute Gasteiger partial charge is 0.308 e. The first-order chi connectivity index (χ1) is 11.6. The molecule has 2 rings (SSSR count). The number of carbonyl (C=O) groups is 2. The summed E-state index contributed by atoms with van der Waals surface area (Å²) in [6.45, 7) is 3.53. The van der Waals surface area contributed by atoms with Gasteiger partial charge in [-0.15, -0.1) is 0 Å². The average Bonchev–Trinajstić information content (AvgIpc) is 3.02. The lowest BCUT2D eigenvalue weighted by atomic mass is 10.0. The zero-order valence-corrected chi connectivity index (χ0v) is 15.4. The predicted molar refractivity (Wildman–Crippen MR) is 92.8 cm³/mol. The molecule has 1 aromatic carbocycles. The lowest BCUT2D eigenvalue weighted by Gasteiger charge is -2.21. The number of carboxylic acid groups (broad SMARTS) is 1. The van der Waals surface area contributed by atoms with Crippen LogP contribution in [0.4, 0.5) is 0 Å². The molecule has 2 N–H and O–H groups in total. The van der Waals surface area contributed by atoms with Crippen molar-refractivity contribution in [2.24, 2.45) is 5.92 Å². The molecule has 138 valence electrons. The fraction of sp³-hybridized carbons (Fsp3) is 0.529. The van der Waals surface area contributed by atoms with Crippen molar-refractivity contribution in [3.05, 3.63) is 29.8 Å². The molecular weight excluding hydrogens is 344 g/mol. The number of hydrogen-bond acceptors (Lipinski definition) is 4. The first-order valence-electron chi connectivity index (χ1n) is 8.26. The third kappa shape index (κ3) is 4.19. The zero-order valence-electron chi connectivity index (χ0n) is 14.6. The predicted octanol–water partition coefficient (Wildman–Crippen LogP) is 1.70. The van der Waals surface area contributed by atoms with Crippen LogP contribution >= 0.6 is 0 Å². The first kappa shape index (κ1) is 19.4. The van der Waals surface area contributed by atoms with Crippen LogP contribution in [0.5, 0.6) is 0 Å². The molecule has 1 aliphatic carbocycles. The Hall–Kier alpha value is -1.93. The molecule has 1 aromatic rings. The van der Waals surface area contributed by atoms with Crippen molar-refractivity contribution in [2.45, 2.75) is 50.1 Å². The third-order valence-corrected chi connectivity index (χ3v) is 6.68. The number of rotatable bonds is 6. The lowest BCUT2D eigenvalue weighted by molar-refractivity contribution is -0.142. The second-order valence-electron chi connectivity index (χ2n) is 6.60. The van der Waals surface area contributed by atoms with E-state index < -0.39 is 33.9 Å². The number of sulfonamides is 1. The highest BCUT2D eigenvalue weighted by molar-refractivity contribution is 7.89. The first-order valence-corrected chi connectivity index (χ1v) is 9.70. The van der Waals surface area contributed by atoms with Gasteiger partial charge in [-0.1, -0.05) is 12.5 Å². The number of hydrogen-bond donors (Lipinski definition) is 2. The van der Waals surface area contributed by atoms with Gasteiger partial charge in [0.2, 0.25) is 10.0 Å². The summed E-state index contributed by atoms with van der Waals surface area (Å²) in [4.78, 5) is 23.7. The largest absolute Gasteiger partial charge is 0.481 e. The number of nitrogens with zero attached hydrogens (tertiary/aromatic N) is 1. The maximum atomic E-state index is 12.6. The Labute approximate surface area is 148 Å². The van der Waals surface area contributed by atoms with Gasteiger partial charge in [0, 0.05) is 24.7 Å². The van der Waals surface area contributed by atoms with Crippen LogP contribution in [0.1, 0.15) is 43.5 Å². The molecule has 0 spiro atoms. The molecule has 1 aliphatic rings. The molecule has 0 aliphatic heterocycles. The van der Waals surface area contributed by atoms with Gasteiger partial charge in [-0.25, -0.2) is 8.42 Å². The summed E-state index contributed by atoms with van der Waals surface area (Å²) in [5.41, 5.74) is 0.203. The van der Waals surface area contributed by atoms with E-state index in [1.54, 1.807) is 13.8 Å². The van der Waals surface area contributed by atoms with Crippen molar-refractivity contribution in [1.29, 1.82) is 0 Å². The van der Waals surface area contributed by atoms with Crippen molar-refractivity contribution in [1.82, 2.24) is 9.62 Å². The van der Waals surface area contributed by atoms with Crippen molar-refractivity contribution >= 4 is 21.9 Å². The van der Waals surface area contributed by atoms with Crippen LogP contribution in [0.15, 0.2) is 29.2 Å². The fourth-order valence-corrected chi connectivity index (χ4v) is 4.34. The number of amides is 1. The number of aliphatic carboxylic acids is 1. The number of nitrogens with one attached hydrogen (secondary N) is 1. The van der Waals surface area contributed by atoms with Gasteiger partial charge in [0.05, 0.1) is 10.8 Å². The minimum atomic E-state index is -3.69. The number of benzene rings is 1. The van der Waals surface area contributed by atoms with E-state index in [1.807, 2.05) is 0 Å². The topological polar surface area (TPSA) is 104 Å². The van der Waals surface area contributed by atoms with Crippen LogP contribution in [0, 0.1) is 5.92 Å². The normalized spacial score (nSPS) is 20.8. The Kier molecular flexibility index (Phi) is 5.84. The van der Waals surface area contributed by atoms with E-state index in [-0.39, 0.29) is 16.5 Å². The molecule has 8 heteroatoms. The summed E-state index contributed by atoms with van der Waals surface area (Å²) >= 11 is 0. The maximum Gasteiger partial charge on any atom is 0.308 e. The fourth-order valence-electron chi connectivity index (χ4n) is 2.92. The van der Waals surface area contributed by atoms with Crippen molar-refractivity contribution < 1.29 is 23.1 Å². The standard InChI is InChI=1S/C17H24N2O5S/c1-11(2)19(3)25(23,24)13-7-4-6-12(10-13)16(20)18-15-9-5-8-14(15)17(21)22/h4,6-7,10-11,14-15H,5,8-9H2,1-3H3,(H,18,20)(H,21,22)/t14-,15+/m0/s1. The Morgan fingerprint density at radius 1 is 1.28 bits per heavy atom. The average molecular weight is 368 g/mol. The summed E-state index contributed by atoms with van der Waals surface area (Å²) in [6, 6.07) is 5.17. The maximum absolute atomic E-state index is 12.6. The molecule has 1 saturated carbocycles. The SMILES string of the molecule is CC(C)N(C)S(=O)(=O)c1cccc(C(=O)N[C@@H]2CCC[C@@H]2C(=O)O)c1. The van der Waals surface area contributed by atoms with E-state index in [0.717, 1.165) is 6.42 Å². The molecule has 1 fully saturated rings. The van der Waals surface area contributed by atoms with Gasteiger partial charge in [0.25, 0.3) is 5.91 Å². The van der Waals surface area contributed by atoms with E-state index in [1.165, 1.54) is 35.6 Å². The third-order valence-electron chi connectivity index (χ3n) is 4.65. The number of carbonyl (C=O) groups excluding carboxylic acids is 1. The highest BCUT2D eigenvalue weighted by Crippen LogP contribution is 2.26. The summed E-state index contributed by atoms with van der Waals surface area (Å²) < 4.78 is 26.3. The van der Waals surface area contributed by atoms with Crippen molar-refractivity contribution in [2.75, 3.05) is 7.05 Å².